The van der Waals surface area contributed by atoms with E-state index in [1.165, 1.54) is 20.4 Å². The maximum atomic E-state index is 13.0. The molecule has 6 rings (SSSR count). The molecule has 13 heteroatoms. The summed E-state index contributed by atoms with van der Waals surface area (Å²) in [7, 11) is 2.97. The minimum atomic E-state index is -4.38. The van der Waals surface area contributed by atoms with Crippen molar-refractivity contribution in [2.24, 2.45) is 0 Å². The van der Waals surface area contributed by atoms with Gasteiger partial charge in [0.25, 0.3) is 0 Å². The molecule has 0 unspecified atom stereocenters. The van der Waals surface area contributed by atoms with Gasteiger partial charge in [0.15, 0.2) is 11.3 Å². The highest BCUT2D eigenvalue weighted by atomic mass is 19.4. The summed E-state index contributed by atoms with van der Waals surface area (Å²) in [6.45, 7) is -1.19. The first-order chi connectivity index (χ1) is 17.3. The van der Waals surface area contributed by atoms with Crippen molar-refractivity contribution in [3.8, 4) is 23.1 Å². The Morgan fingerprint density at radius 2 is 1.89 bits per heavy atom. The fourth-order valence-electron chi connectivity index (χ4n) is 4.45. The van der Waals surface area contributed by atoms with Gasteiger partial charge in [-0.15, -0.1) is 0 Å². The Bertz CT molecular complexity index is 1600. The van der Waals surface area contributed by atoms with Crippen LogP contribution in [0.1, 0.15) is 29.5 Å². The Balaban J connectivity index is 1.37. The number of hydrogen-bond acceptors (Lipinski definition) is 8. The quantitative estimate of drug-likeness (QED) is 0.350. The zero-order valence-electron chi connectivity index (χ0n) is 19.1. The van der Waals surface area contributed by atoms with E-state index in [9.17, 15) is 13.2 Å². The van der Waals surface area contributed by atoms with Crippen LogP contribution in [0.5, 0.6) is 11.9 Å². The number of imidazole rings is 1. The molecule has 1 aliphatic rings. The molecular formula is C23H19F3N8O2. The van der Waals surface area contributed by atoms with Gasteiger partial charge in [-0.2, -0.15) is 28.4 Å². The molecule has 1 fully saturated rings. The molecule has 2 atom stereocenters. The Labute approximate surface area is 201 Å². The lowest BCUT2D eigenvalue weighted by molar-refractivity contribution is -0.141. The predicted octanol–water partition coefficient (Wildman–Crippen LogP) is 3.78. The van der Waals surface area contributed by atoms with Crippen molar-refractivity contribution in [1.29, 1.82) is 0 Å². The lowest BCUT2D eigenvalue weighted by atomic mass is 10.1. The molecule has 0 radical (unpaired) electrons. The fraction of sp³-hybridized carbons (Fsp3) is 0.304. The Kier molecular flexibility index (Phi) is 5.02. The molecule has 0 spiro atoms. The van der Waals surface area contributed by atoms with Crippen LogP contribution < -0.4 is 9.47 Å². The van der Waals surface area contributed by atoms with Crippen molar-refractivity contribution in [2.75, 3.05) is 14.2 Å². The van der Waals surface area contributed by atoms with Crippen molar-refractivity contribution >= 4 is 16.7 Å². The molecule has 10 nitrogen and oxygen atoms in total. The Morgan fingerprint density at radius 1 is 1.03 bits per heavy atom. The number of ether oxygens (including phenoxy) is 2. The first-order valence-electron chi connectivity index (χ1n) is 11.0. The number of alkyl halides is 3. The van der Waals surface area contributed by atoms with E-state index in [1.807, 2.05) is 12.1 Å². The zero-order chi connectivity index (χ0) is 25.0. The highest BCUT2D eigenvalue weighted by molar-refractivity contribution is 5.75. The normalized spacial score (nSPS) is 17.6. The first-order valence-corrected chi connectivity index (χ1v) is 11.0. The van der Waals surface area contributed by atoms with Crippen molar-refractivity contribution in [2.45, 2.75) is 31.0 Å². The summed E-state index contributed by atoms with van der Waals surface area (Å²) < 4.78 is 52.0. The van der Waals surface area contributed by atoms with Crippen LogP contribution in [-0.4, -0.2) is 59.7 Å². The standard InChI is InChI=1S/C23H19F3N8O2/c1-35-21-16(10-28-22(31-21)36-2)18-8-15(20-27-5-6-33(20)32-18)13-7-14(13)17-4-3-12-9-29-34(19(12)30-17)11-23(24,25)26/h3-6,8-10,13-14H,7,11H2,1-2H3/t13-,14-/m0/s1. The summed E-state index contributed by atoms with van der Waals surface area (Å²) >= 11 is 0. The van der Waals surface area contributed by atoms with Gasteiger partial charge in [0.05, 0.1) is 31.7 Å². The molecule has 5 aromatic rings. The molecule has 0 amide bonds. The van der Waals surface area contributed by atoms with E-state index in [4.69, 9.17) is 9.47 Å². The van der Waals surface area contributed by atoms with E-state index in [0.717, 1.165) is 16.7 Å². The number of nitrogens with zero attached hydrogens (tertiary/aromatic N) is 8. The largest absolute Gasteiger partial charge is 0.480 e. The topological polar surface area (TPSA) is 105 Å². The second kappa shape index (κ2) is 8.14. The first kappa shape index (κ1) is 22.2. The van der Waals surface area contributed by atoms with Crippen LogP contribution in [0.4, 0.5) is 13.2 Å². The van der Waals surface area contributed by atoms with Crippen LogP contribution in [0, 0.1) is 0 Å². The lowest BCUT2D eigenvalue weighted by Gasteiger charge is -2.11. The van der Waals surface area contributed by atoms with Crippen molar-refractivity contribution in [3.05, 3.63) is 54.2 Å². The van der Waals surface area contributed by atoms with Crippen LogP contribution >= 0.6 is 0 Å². The van der Waals surface area contributed by atoms with Gasteiger partial charge in [-0.05, 0) is 30.5 Å². The summed E-state index contributed by atoms with van der Waals surface area (Å²) in [6, 6.07) is 5.70. The van der Waals surface area contributed by atoms with Crippen LogP contribution in [-0.2, 0) is 6.54 Å². The maximum Gasteiger partial charge on any atom is 0.408 e. The number of fused-ring (bicyclic) bond motifs is 2. The van der Waals surface area contributed by atoms with Crippen LogP contribution in [0.3, 0.4) is 0 Å². The number of halogens is 3. The van der Waals surface area contributed by atoms with Gasteiger partial charge in [0.1, 0.15) is 6.54 Å². The van der Waals surface area contributed by atoms with Gasteiger partial charge in [0, 0.05) is 41.2 Å². The molecule has 36 heavy (non-hydrogen) atoms. The van der Waals surface area contributed by atoms with E-state index in [2.05, 4.69) is 30.1 Å². The van der Waals surface area contributed by atoms with E-state index in [0.29, 0.717) is 33.9 Å². The highest BCUT2D eigenvalue weighted by Crippen LogP contribution is 2.55. The van der Waals surface area contributed by atoms with Crippen LogP contribution in [0.15, 0.2) is 43.0 Å². The molecule has 184 valence electrons. The second-order valence-electron chi connectivity index (χ2n) is 8.48. The van der Waals surface area contributed by atoms with Gasteiger partial charge in [-0.25, -0.2) is 24.1 Å². The zero-order valence-corrected chi connectivity index (χ0v) is 19.1. The molecular weight excluding hydrogens is 477 g/mol. The van der Waals surface area contributed by atoms with Crippen molar-refractivity contribution in [3.63, 3.8) is 0 Å². The van der Waals surface area contributed by atoms with E-state index in [-0.39, 0.29) is 23.5 Å². The fourth-order valence-corrected chi connectivity index (χ4v) is 4.45. The minimum absolute atomic E-state index is 0.0217. The van der Waals surface area contributed by atoms with E-state index in [1.54, 1.807) is 29.2 Å². The van der Waals surface area contributed by atoms with Gasteiger partial charge in [-0.3, -0.25) is 0 Å². The average molecular weight is 496 g/mol. The summed E-state index contributed by atoms with van der Waals surface area (Å²) in [5.41, 5.74) is 3.75. The smallest absolute Gasteiger partial charge is 0.408 e. The van der Waals surface area contributed by atoms with Gasteiger partial charge in [-0.1, -0.05) is 0 Å². The molecule has 5 aromatic heterocycles. The molecule has 0 bridgehead atoms. The second-order valence-corrected chi connectivity index (χ2v) is 8.48. The molecule has 5 heterocycles. The van der Waals surface area contributed by atoms with Crippen LogP contribution in [0.25, 0.3) is 27.9 Å². The number of hydrogen-bond donors (Lipinski definition) is 0. The lowest BCUT2D eigenvalue weighted by Crippen LogP contribution is -2.18. The third-order valence-electron chi connectivity index (χ3n) is 6.18. The highest BCUT2D eigenvalue weighted by Gasteiger charge is 2.43. The van der Waals surface area contributed by atoms with Gasteiger partial charge < -0.3 is 9.47 Å². The van der Waals surface area contributed by atoms with Gasteiger partial charge >= 0.3 is 12.2 Å². The Hall–Kier alpha value is -4.29. The van der Waals surface area contributed by atoms with Crippen molar-refractivity contribution < 1.29 is 22.6 Å². The summed E-state index contributed by atoms with van der Waals surface area (Å²) in [4.78, 5) is 17.5. The summed E-state index contributed by atoms with van der Waals surface area (Å²) in [5.74, 6) is 0.399. The third kappa shape index (κ3) is 3.85. The molecule has 0 N–H and O–H groups in total. The third-order valence-corrected chi connectivity index (χ3v) is 6.18. The minimum Gasteiger partial charge on any atom is -0.480 e. The SMILES string of the molecule is COc1ncc(-c2cc([C@H]3C[C@@H]3c3ccc4cnn(CC(F)(F)F)c4n3)c3nccn3n2)c(OC)n1. The van der Waals surface area contributed by atoms with Crippen molar-refractivity contribution in [1.82, 2.24) is 39.3 Å². The molecule has 1 aliphatic carbocycles. The maximum absolute atomic E-state index is 13.0. The number of aromatic nitrogens is 8. The summed E-state index contributed by atoms with van der Waals surface area (Å²) in [6.07, 6.45) is 2.78. The molecule has 0 aromatic carbocycles. The Morgan fingerprint density at radius 3 is 2.67 bits per heavy atom. The monoisotopic (exact) mass is 496 g/mol. The van der Waals surface area contributed by atoms with E-state index < -0.39 is 12.7 Å². The number of rotatable bonds is 6. The summed E-state index contributed by atoms with van der Waals surface area (Å²) in [5, 5.41) is 9.07. The number of pyridine rings is 1. The predicted molar refractivity (Wildman–Crippen MR) is 121 cm³/mol. The molecule has 0 saturated heterocycles. The number of methoxy groups -OCH3 is 2. The van der Waals surface area contributed by atoms with Crippen LogP contribution in [0.2, 0.25) is 0 Å². The van der Waals surface area contributed by atoms with E-state index >= 15 is 0 Å². The molecule has 1 saturated carbocycles. The van der Waals surface area contributed by atoms with Gasteiger partial charge in [0.2, 0.25) is 5.88 Å². The average Bonchev–Trinajstić information content (AvgIpc) is 3.35. The molecule has 0 aliphatic heterocycles.